The van der Waals surface area contributed by atoms with E-state index < -0.39 is 23.6 Å². The van der Waals surface area contributed by atoms with Gasteiger partial charge >= 0.3 is 12.1 Å². The minimum Gasteiger partial charge on any atom is -0.329 e. The molecule has 0 aliphatic rings. The van der Waals surface area contributed by atoms with Crippen molar-refractivity contribution in [2.45, 2.75) is 19.0 Å². The van der Waals surface area contributed by atoms with Gasteiger partial charge in [-0.1, -0.05) is 29.4 Å². The summed E-state index contributed by atoms with van der Waals surface area (Å²) in [5, 5.41) is 3.25. The number of thioether (sulfide) groups is 1. The summed E-state index contributed by atoms with van der Waals surface area (Å²) in [6.07, 6.45) is -2.02. The molecule has 1 aromatic carbocycles. The summed E-state index contributed by atoms with van der Waals surface area (Å²) in [7, 11) is 0. The number of alkyl halides is 3. The molecule has 0 aliphatic heterocycles. The van der Waals surface area contributed by atoms with E-state index >= 15 is 0 Å². The summed E-state index contributed by atoms with van der Waals surface area (Å²) < 4.78 is 41.4. The maximum atomic E-state index is 12.4. The standard InChI is InChI=1S/C15H13F3N2O3S/c1-24-8-2-3-11(21)12(22)9-4-6-10(7-5-9)13-19-14(23-20-13)15(16,17)18/h4-7H,2-3,8H2,1H3. The molecule has 1 heterocycles. The summed E-state index contributed by atoms with van der Waals surface area (Å²) in [6.45, 7) is 0. The largest absolute Gasteiger partial charge is 0.471 e. The Hall–Kier alpha value is -2.16. The van der Waals surface area contributed by atoms with Crippen LogP contribution in [0.3, 0.4) is 0 Å². The first kappa shape index (κ1) is 18.2. The molecule has 1 aromatic heterocycles. The van der Waals surface area contributed by atoms with Gasteiger partial charge in [0.25, 0.3) is 0 Å². The van der Waals surface area contributed by atoms with Crippen molar-refractivity contribution < 1.29 is 27.3 Å². The SMILES string of the molecule is CSCCCC(=O)C(=O)c1ccc(-c2noc(C(F)(F)F)n2)cc1. The smallest absolute Gasteiger partial charge is 0.329 e. The maximum Gasteiger partial charge on any atom is 0.471 e. The molecule has 0 bridgehead atoms. The van der Waals surface area contributed by atoms with Gasteiger partial charge in [-0.05, 0) is 18.4 Å². The van der Waals surface area contributed by atoms with Crippen LogP contribution >= 0.6 is 11.8 Å². The highest BCUT2D eigenvalue weighted by molar-refractivity contribution is 7.98. The molecule has 0 unspecified atom stereocenters. The van der Waals surface area contributed by atoms with Crippen LogP contribution in [0.4, 0.5) is 13.2 Å². The van der Waals surface area contributed by atoms with Crippen LogP contribution in [-0.2, 0) is 11.0 Å². The summed E-state index contributed by atoms with van der Waals surface area (Å²) in [4.78, 5) is 27.0. The Labute approximate surface area is 139 Å². The lowest BCUT2D eigenvalue weighted by atomic mass is 10.0. The fraction of sp³-hybridized carbons (Fsp3) is 0.333. The molecule has 0 amide bonds. The number of Topliss-reactive ketones (excluding diaryl/α,β-unsaturated/α-hetero) is 2. The number of carbonyl (C=O) groups is 2. The van der Waals surface area contributed by atoms with Gasteiger partial charge in [0, 0.05) is 17.5 Å². The lowest BCUT2D eigenvalue weighted by molar-refractivity contribution is -0.159. The molecular formula is C15H13F3N2O3S. The van der Waals surface area contributed by atoms with E-state index in [0.29, 0.717) is 6.42 Å². The minimum atomic E-state index is -4.72. The monoisotopic (exact) mass is 358 g/mol. The first-order chi connectivity index (χ1) is 11.3. The molecule has 24 heavy (non-hydrogen) atoms. The van der Waals surface area contributed by atoms with Gasteiger partial charge in [0.05, 0.1) is 0 Å². The zero-order valence-electron chi connectivity index (χ0n) is 12.6. The predicted molar refractivity (Wildman–Crippen MR) is 81.7 cm³/mol. The van der Waals surface area contributed by atoms with Gasteiger partial charge < -0.3 is 4.52 Å². The Kier molecular flexibility index (Phi) is 5.76. The van der Waals surface area contributed by atoms with Crippen LogP contribution in [0.25, 0.3) is 11.4 Å². The Balaban J connectivity index is 2.09. The van der Waals surface area contributed by atoms with E-state index in [4.69, 9.17) is 0 Å². The van der Waals surface area contributed by atoms with E-state index in [2.05, 4.69) is 14.7 Å². The molecular weight excluding hydrogens is 345 g/mol. The average molecular weight is 358 g/mol. The van der Waals surface area contributed by atoms with Gasteiger partial charge in [-0.3, -0.25) is 9.59 Å². The van der Waals surface area contributed by atoms with Crippen LogP contribution in [0, 0.1) is 0 Å². The molecule has 0 saturated carbocycles. The lowest BCUT2D eigenvalue weighted by Gasteiger charge is -2.01. The van der Waals surface area contributed by atoms with Crippen LogP contribution in [0.2, 0.25) is 0 Å². The average Bonchev–Trinajstić information content (AvgIpc) is 3.05. The number of rotatable bonds is 7. The molecule has 0 atom stereocenters. The summed E-state index contributed by atoms with van der Waals surface area (Å²) >= 11 is 1.59. The molecule has 128 valence electrons. The molecule has 0 spiro atoms. The number of nitrogens with zero attached hydrogens (tertiary/aromatic N) is 2. The number of hydrogen-bond acceptors (Lipinski definition) is 6. The highest BCUT2D eigenvalue weighted by Gasteiger charge is 2.38. The van der Waals surface area contributed by atoms with E-state index in [-0.39, 0.29) is 23.4 Å². The van der Waals surface area contributed by atoms with E-state index in [0.717, 1.165) is 5.75 Å². The number of halogens is 3. The summed E-state index contributed by atoms with van der Waals surface area (Å²) in [6, 6.07) is 5.45. The van der Waals surface area contributed by atoms with Crippen molar-refractivity contribution in [2.75, 3.05) is 12.0 Å². The number of carbonyl (C=O) groups excluding carboxylic acids is 2. The second-order valence-electron chi connectivity index (χ2n) is 4.85. The second kappa shape index (κ2) is 7.61. The van der Waals surface area contributed by atoms with Crippen LogP contribution in [0.5, 0.6) is 0 Å². The Morgan fingerprint density at radius 3 is 2.42 bits per heavy atom. The van der Waals surface area contributed by atoms with E-state index in [1.54, 1.807) is 11.8 Å². The van der Waals surface area contributed by atoms with Gasteiger partial charge in [0.15, 0.2) is 0 Å². The molecule has 0 saturated heterocycles. The number of aromatic nitrogens is 2. The Morgan fingerprint density at radius 2 is 1.88 bits per heavy atom. The van der Waals surface area contributed by atoms with Crippen LogP contribution in [0.15, 0.2) is 28.8 Å². The molecule has 0 N–H and O–H groups in total. The highest BCUT2D eigenvalue weighted by atomic mass is 32.2. The number of benzene rings is 1. The molecule has 0 radical (unpaired) electrons. The Morgan fingerprint density at radius 1 is 1.21 bits per heavy atom. The van der Waals surface area contributed by atoms with Crippen molar-refractivity contribution >= 4 is 23.3 Å². The number of ketones is 2. The van der Waals surface area contributed by atoms with Crippen molar-refractivity contribution in [1.82, 2.24) is 10.1 Å². The van der Waals surface area contributed by atoms with Crippen molar-refractivity contribution in [3.8, 4) is 11.4 Å². The normalized spacial score (nSPS) is 11.5. The Bertz CT molecular complexity index is 726. The highest BCUT2D eigenvalue weighted by Crippen LogP contribution is 2.29. The first-order valence-corrected chi connectivity index (χ1v) is 8.30. The van der Waals surface area contributed by atoms with Crippen LogP contribution in [-0.4, -0.2) is 33.7 Å². The second-order valence-corrected chi connectivity index (χ2v) is 5.83. The third-order valence-electron chi connectivity index (χ3n) is 3.08. The maximum absolute atomic E-state index is 12.4. The van der Waals surface area contributed by atoms with Crippen molar-refractivity contribution in [3.63, 3.8) is 0 Å². The van der Waals surface area contributed by atoms with Crippen molar-refractivity contribution in [1.29, 1.82) is 0 Å². The van der Waals surface area contributed by atoms with E-state index in [1.165, 1.54) is 24.3 Å². The third kappa shape index (κ3) is 4.44. The molecule has 2 rings (SSSR count). The van der Waals surface area contributed by atoms with Crippen molar-refractivity contribution in [3.05, 3.63) is 35.7 Å². The third-order valence-corrected chi connectivity index (χ3v) is 3.78. The zero-order chi connectivity index (χ0) is 17.7. The lowest BCUT2D eigenvalue weighted by Crippen LogP contribution is -2.14. The van der Waals surface area contributed by atoms with Gasteiger partial charge in [-0.15, -0.1) is 0 Å². The van der Waals surface area contributed by atoms with Crippen molar-refractivity contribution in [2.24, 2.45) is 0 Å². The zero-order valence-corrected chi connectivity index (χ0v) is 13.4. The topological polar surface area (TPSA) is 73.1 Å². The van der Waals surface area contributed by atoms with Gasteiger partial charge in [0.2, 0.25) is 17.4 Å². The van der Waals surface area contributed by atoms with Crippen LogP contribution in [0.1, 0.15) is 29.1 Å². The molecule has 2 aromatic rings. The van der Waals surface area contributed by atoms with Gasteiger partial charge in [-0.2, -0.15) is 29.9 Å². The molecule has 0 fully saturated rings. The summed E-state index contributed by atoms with van der Waals surface area (Å²) in [5.41, 5.74) is 0.424. The number of hydrogen-bond donors (Lipinski definition) is 0. The molecule has 0 aliphatic carbocycles. The summed E-state index contributed by atoms with van der Waals surface area (Å²) in [5.74, 6) is -2.01. The van der Waals surface area contributed by atoms with E-state index in [9.17, 15) is 22.8 Å². The quantitative estimate of drug-likeness (QED) is 0.427. The molecule has 9 heteroatoms. The molecule has 5 nitrogen and oxygen atoms in total. The first-order valence-electron chi connectivity index (χ1n) is 6.90. The van der Waals surface area contributed by atoms with Crippen LogP contribution < -0.4 is 0 Å². The van der Waals surface area contributed by atoms with Gasteiger partial charge in [0.1, 0.15) is 0 Å². The van der Waals surface area contributed by atoms with Gasteiger partial charge in [-0.25, -0.2) is 0 Å². The predicted octanol–water partition coefficient (Wildman–Crippen LogP) is 3.65. The minimum absolute atomic E-state index is 0.168. The van der Waals surface area contributed by atoms with E-state index in [1.807, 2.05) is 6.26 Å². The fourth-order valence-electron chi connectivity index (χ4n) is 1.88. The fourth-order valence-corrected chi connectivity index (χ4v) is 2.31.